The summed E-state index contributed by atoms with van der Waals surface area (Å²) in [4.78, 5) is 0. The molecule has 0 fully saturated rings. The molecule has 1 nitrogen and oxygen atoms in total. The molecule has 0 aliphatic heterocycles. The van der Waals surface area contributed by atoms with Crippen molar-refractivity contribution < 1.29 is 24.1 Å². The van der Waals surface area contributed by atoms with Crippen molar-refractivity contribution in [3.05, 3.63) is 0 Å². The van der Waals surface area contributed by atoms with E-state index < -0.39 is 0 Å². The van der Waals surface area contributed by atoms with Crippen molar-refractivity contribution in [2.24, 2.45) is 0 Å². The Balaban J connectivity index is 2.19. The van der Waals surface area contributed by atoms with Gasteiger partial charge in [-0.05, 0) is 0 Å². The Morgan fingerprint density at radius 3 is 2.40 bits per heavy atom. The summed E-state index contributed by atoms with van der Waals surface area (Å²) in [5, 5.41) is 0. The number of hydrogen-bond donors (Lipinski definition) is 0. The molecule has 5 heavy (non-hydrogen) atoms. The van der Waals surface area contributed by atoms with E-state index in [2.05, 4.69) is 3.32 Å². The molecule has 0 saturated heterocycles. The first-order valence-electron chi connectivity index (χ1n) is 1.26. The zero-order valence-electron chi connectivity index (χ0n) is 2.70. The molecule has 0 heterocycles. The molecular weight excluding hydrogens is 123 g/mol. The Kier molecular flexibility index (Phi) is 5.92. The van der Waals surface area contributed by atoms with Gasteiger partial charge in [-0.3, -0.25) is 0 Å². The summed E-state index contributed by atoms with van der Waals surface area (Å²) in [7, 11) is 0. The molecule has 29 valence electrons. The molecule has 3 heteroatoms. The first-order chi connectivity index (χ1) is 2.41. The van der Waals surface area contributed by atoms with Gasteiger partial charge in [0.05, 0.1) is 0 Å². The van der Waals surface area contributed by atoms with E-state index >= 15 is 0 Å². The van der Waals surface area contributed by atoms with Crippen LogP contribution in [0.2, 0.25) is 0 Å². The second kappa shape index (κ2) is 4.96. The van der Waals surface area contributed by atoms with Crippen LogP contribution in [0.15, 0.2) is 0 Å². The molecule has 0 bridgehead atoms. The number of rotatable bonds is 2. The normalized spacial score (nSPS) is 8.00. The first-order valence-corrected chi connectivity index (χ1v) is 2.43. The molecule has 0 aromatic carbocycles. The van der Waals surface area contributed by atoms with Crippen LogP contribution < -0.4 is 0 Å². The van der Waals surface area contributed by atoms with Crippen LogP contribution in [0.3, 0.4) is 0 Å². The Labute approximate surface area is 48.5 Å². The second-order valence-corrected chi connectivity index (χ2v) is 1.37. The average molecular weight is 127 g/mol. The molecule has 0 aliphatic rings. The zero-order valence-corrected chi connectivity index (χ0v) is 5.02. The summed E-state index contributed by atoms with van der Waals surface area (Å²) in [6.45, 7) is 0.654. The summed E-state index contributed by atoms with van der Waals surface area (Å²) in [5.41, 5.74) is 0. The molecule has 0 aromatic heterocycles. The van der Waals surface area contributed by atoms with Gasteiger partial charge in [-0.15, -0.1) is 0 Å². The van der Waals surface area contributed by atoms with E-state index in [9.17, 15) is 0 Å². The Bertz CT molecular complexity index is 17.1. The van der Waals surface area contributed by atoms with Gasteiger partial charge in [0.15, 0.2) is 0 Å². The summed E-state index contributed by atoms with van der Waals surface area (Å²) in [6.07, 6.45) is 0. The SMILES string of the molecule is ClCC[O][Ti]. The van der Waals surface area contributed by atoms with E-state index in [4.69, 9.17) is 11.6 Å². The van der Waals surface area contributed by atoms with Gasteiger partial charge >= 0.3 is 48.2 Å². The van der Waals surface area contributed by atoms with Crippen molar-refractivity contribution in [1.29, 1.82) is 0 Å². The molecule has 0 aromatic rings. The van der Waals surface area contributed by atoms with E-state index in [0.29, 0.717) is 12.5 Å². The molecule has 0 N–H and O–H groups in total. The fraction of sp³-hybridized carbons (Fsp3) is 1.00. The van der Waals surface area contributed by atoms with Gasteiger partial charge in [0.25, 0.3) is 0 Å². The summed E-state index contributed by atoms with van der Waals surface area (Å²) >= 11 is 6.80. The van der Waals surface area contributed by atoms with Crippen molar-refractivity contribution in [3.8, 4) is 0 Å². The van der Waals surface area contributed by atoms with Gasteiger partial charge in [0, 0.05) is 0 Å². The van der Waals surface area contributed by atoms with Crippen molar-refractivity contribution in [2.45, 2.75) is 0 Å². The predicted octanol–water partition coefficient (Wildman–Crippen LogP) is 0.704. The van der Waals surface area contributed by atoms with Crippen LogP contribution in [0.4, 0.5) is 0 Å². The Morgan fingerprint density at radius 2 is 2.40 bits per heavy atom. The van der Waals surface area contributed by atoms with Crippen molar-refractivity contribution in [1.82, 2.24) is 0 Å². The van der Waals surface area contributed by atoms with E-state index in [1.165, 1.54) is 0 Å². The monoisotopic (exact) mass is 127 g/mol. The number of hydrogen-bond acceptors (Lipinski definition) is 1. The Hall–Kier alpha value is 0.964. The predicted molar refractivity (Wildman–Crippen MR) is 16.7 cm³/mol. The fourth-order valence-electron chi connectivity index (χ4n) is 0.0386. The van der Waals surface area contributed by atoms with Gasteiger partial charge in [0.1, 0.15) is 0 Å². The summed E-state index contributed by atoms with van der Waals surface area (Å²) in [6, 6.07) is 0. The van der Waals surface area contributed by atoms with Gasteiger partial charge < -0.3 is 0 Å². The summed E-state index contributed by atoms with van der Waals surface area (Å²) in [5.74, 6) is 0.594. The van der Waals surface area contributed by atoms with E-state index in [0.717, 1.165) is 0 Å². The number of halogens is 1. The maximum atomic E-state index is 5.18. The van der Waals surface area contributed by atoms with Gasteiger partial charge in [-0.1, -0.05) is 0 Å². The third kappa shape index (κ3) is 4.96. The topological polar surface area (TPSA) is 9.23 Å². The second-order valence-electron chi connectivity index (χ2n) is 0.537. The minimum atomic E-state index is 0.594. The molecule has 0 unspecified atom stereocenters. The van der Waals surface area contributed by atoms with E-state index in [1.54, 1.807) is 20.8 Å². The molecular formula is C2H4ClOTi. The third-order valence-corrected chi connectivity index (χ3v) is 0.652. The summed E-state index contributed by atoms with van der Waals surface area (Å²) < 4.78 is 4.56. The van der Waals surface area contributed by atoms with Crippen LogP contribution in [-0.2, 0) is 24.1 Å². The quantitative estimate of drug-likeness (QED) is 0.392. The van der Waals surface area contributed by atoms with E-state index in [1.807, 2.05) is 0 Å². The maximum absolute atomic E-state index is 5.18. The average Bonchev–Trinajstić information content (AvgIpc) is 1.41. The van der Waals surface area contributed by atoms with Crippen LogP contribution in [0.1, 0.15) is 0 Å². The van der Waals surface area contributed by atoms with E-state index in [-0.39, 0.29) is 0 Å². The van der Waals surface area contributed by atoms with Crippen molar-refractivity contribution in [2.75, 3.05) is 12.5 Å². The minimum absolute atomic E-state index is 0.594. The van der Waals surface area contributed by atoms with Crippen molar-refractivity contribution in [3.63, 3.8) is 0 Å². The van der Waals surface area contributed by atoms with Crippen LogP contribution in [0.5, 0.6) is 0 Å². The molecule has 0 atom stereocenters. The van der Waals surface area contributed by atoms with Crippen LogP contribution in [0.25, 0.3) is 0 Å². The molecule has 0 aliphatic carbocycles. The standard InChI is InChI=1S/C2H4ClO.Ti/c3-1-2-4;/h1-2H2;/q-1;+1. The van der Waals surface area contributed by atoms with Gasteiger partial charge in [0.2, 0.25) is 0 Å². The van der Waals surface area contributed by atoms with Gasteiger partial charge in [-0.25, -0.2) is 0 Å². The van der Waals surface area contributed by atoms with Gasteiger partial charge in [-0.2, -0.15) is 0 Å². The number of alkyl halides is 1. The molecule has 0 radical (unpaired) electrons. The Morgan fingerprint density at radius 1 is 1.80 bits per heavy atom. The zero-order chi connectivity index (χ0) is 4.12. The third-order valence-electron chi connectivity index (χ3n) is 0.179. The molecule has 0 rings (SSSR count). The van der Waals surface area contributed by atoms with Crippen LogP contribution >= 0.6 is 11.6 Å². The first kappa shape index (κ1) is 5.96. The van der Waals surface area contributed by atoms with Crippen LogP contribution in [-0.4, -0.2) is 12.5 Å². The van der Waals surface area contributed by atoms with Crippen molar-refractivity contribution >= 4 is 11.6 Å². The molecule has 0 saturated carbocycles. The fourth-order valence-corrected chi connectivity index (χ4v) is 0.477. The molecule has 0 spiro atoms. The van der Waals surface area contributed by atoms with Crippen LogP contribution in [0, 0.1) is 0 Å². The molecule has 0 amide bonds.